The Morgan fingerprint density at radius 2 is 1.72 bits per heavy atom. The van der Waals surface area contributed by atoms with Gasteiger partial charge in [-0.3, -0.25) is 0 Å². The van der Waals surface area contributed by atoms with Crippen molar-refractivity contribution in [3.8, 4) is 11.4 Å². The second-order valence-electron chi connectivity index (χ2n) is 6.37. The number of furan rings is 1. The summed E-state index contributed by atoms with van der Waals surface area (Å²) in [6, 6.07) is 15.8. The molecule has 3 aromatic rings. The highest BCUT2D eigenvalue weighted by Gasteiger charge is 2.07. The molecule has 2 heterocycles. The molecule has 0 aliphatic rings. The van der Waals surface area contributed by atoms with Crippen molar-refractivity contribution < 1.29 is 4.42 Å². The molecule has 0 saturated heterocycles. The van der Waals surface area contributed by atoms with E-state index in [1.54, 1.807) is 6.26 Å². The lowest BCUT2D eigenvalue weighted by Crippen LogP contribution is -2.09. The van der Waals surface area contributed by atoms with E-state index in [1.807, 2.05) is 48.5 Å². The molecule has 0 bridgehead atoms. The zero-order valence-electron chi connectivity index (χ0n) is 14.7. The van der Waals surface area contributed by atoms with Crippen molar-refractivity contribution >= 4 is 11.6 Å². The van der Waals surface area contributed by atoms with E-state index in [-0.39, 0.29) is 0 Å². The molecular weight excluding hydrogens is 312 g/mol. The van der Waals surface area contributed by atoms with E-state index in [9.17, 15) is 0 Å². The molecular formula is C20H24N4O. The zero-order valence-corrected chi connectivity index (χ0v) is 14.7. The second kappa shape index (κ2) is 8.33. The standard InChI is InChI=1S/C20H24N4O/c1-15(2)10-11-21-18-13-19(22-14-17-9-6-12-25-17)24-20(23-18)16-7-4-3-5-8-16/h3-9,12-13,15H,10-11,14H2,1-2H3,(H2,21,22,23,24). The van der Waals surface area contributed by atoms with E-state index in [4.69, 9.17) is 4.42 Å². The highest BCUT2D eigenvalue weighted by molar-refractivity contribution is 5.61. The van der Waals surface area contributed by atoms with E-state index in [0.717, 1.165) is 35.9 Å². The smallest absolute Gasteiger partial charge is 0.163 e. The van der Waals surface area contributed by atoms with Gasteiger partial charge in [0.2, 0.25) is 0 Å². The fourth-order valence-electron chi connectivity index (χ4n) is 2.42. The molecule has 3 rings (SSSR count). The van der Waals surface area contributed by atoms with Gasteiger partial charge >= 0.3 is 0 Å². The first kappa shape index (κ1) is 17.0. The third kappa shape index (κ3) is 5.08. The maximum absolute atomic E-state index is 5.37. The van der Waals surface area contributed by atoms with Gasteiger partial charge in [0.15, 0.2) is 5.82 Å². The molecule has 0 aliphatic carbocycles. The maximum atomic E-state index is 5.37. The molecule has 0 spiro atoms. The predicted octanol–water partition coefficient (Wildman–Crippen LogP) is 4.81. The Hall–Kier alpha value is -2.82. The van der Waals surface area contributed by atoms with E-state index in [2.05, 4.69) is 34.4 Å². The minimum Gasteiger partial charge on any atom is -0.467 e. The lowest BCUT2D eigenvalue weighted by Gasteiger charge is -2.12. The summed E-state index contributed by atoms with van der Waals surface area (Å²) in [4.78, 5) is 9.30. The molecule has 0 saturated carbocycles. The van der Waals surface area contributed by atoms with Gasteiger partial charge in [0.05, 0.1) is 12.8 Å². The van der Waals surface area contributed by atoms with Crippen LogP contribution in [0.15, 0.2) is 59.2 Å². The summed E-state index contributed by atoms with van der Waals surface area (Å²) in [6.07, 6.45) is 2.77. The summed E-state index contributed by atoms with van der Waals surface area (Å²) < 4.78 is 5.37. The van der Waals surface area contributed by atoms with Crippen LogP contribution in [0.4, 0.5) is 11.6 Å². The largest absolute Gasteiger partial charge is 0.467 e. The first-order chi connectivity index (χ1) is 12.2. The maximum Gasteiger partial charge on any atom is 0.163 e. The summed E-state index contributed by atoms with van der Waals surface area (Å²) in [5, 5.41) is 6.72. The number of nitrogens with one attached hydrogen (secondary N) is 2. The van der Waals surface area contributed by atoms with Crippen LogP contribution < -0.4 is 10.6 Å². The summed E-state index contributed by atoms with van der Waals surface area (Å²) >= 11 is 0. The Kier molecular flexibility index (Phi) is 5.67. The van der Waals surface area contributed by atoms with Gasteiger partial charge in [0, 0.05) is 18.2 Å². The number of anilines is 2. The molecule has 0 aliphatic heterocycles. The van der Waals surface area contributed by atoms with Crippen LogP contribution >= 0.6 is 0 Å². The molecule has 0 fully saturated rings. The molecule has 5 heteroatoms. The third-order valence-corrected chi connectivity index (χ3v) is 3.81. The van der Waals surface area contributed by atoms with Gasteiger partial charge in [-0.1, -0.05) is 44.2 Å². The van der Waals surface area contributed by atoms with Gasteiger partial charge in [-0.2, -0.15) is 0 Å². The fourth-order valence-corrected chi connectivity index (χ4v) is 2.42. The highest BCUT2D eigenvalue weighted by atomic mass is 16.3. The number of hydrogen-bond donors (Lipinski definition) is 2. The van der Waals surface area contributed by atoms with Crippen LogP contribution in [0.2, 0.25) is 0 Å². The van der Waals surface area contributed by atoms with Crippen LogP contribution in [0, 0.1) is 5.92 Å². The van der Waals surface area contributed by atoms with E-state index in [0.29, 0.717) is 18.3 Å². The van der Waals surface area contributed by atoms with Crippen molar-refractivity contribution in [2.75, 3.05) is 17.2 Å². The van der Waals surface area contributed by atoms with Crippen molar-refractivity contribution in [3.63, 3.8) is 0 Å². The monoisotopic (exact) mass is 336 g/mol. The number of hydrogen-bond acceptors (Lipinski definition) is 5. The van der Waals surface area contributed by atoms with Gasteiger partial charge in [-0.05, 0) is 24.5 Å². The first-order valence-electron chi connectivity index (χ1n) is 8.65. The Balaban J connectivity index is 1.79. The summed E-state index contributed by atoms with van der Waals surface area (Å²) in [5.41, 5.74) is 0.996. The van der Waals surface area contributed by atoms with Crippen LogP contribution in [0.1, 0.15) is 26.0 Å². The van der Waals surface area contributed by atoms with Crippen molar-refractivity contribution in [1.29, 1.82) is 0 Å². The second-order valence-corrected chi connectivity index (χ2v) is 6.37. The van der Waals surface area contributed by atoms with Crippen molar-refractivity contribution in [1.82, 2.24) is 9.97 Å². The average molecular weight is 336 g/mol. The Bertz CT molecular complexity index is 770. The molecule has 0 amide bonds. The highest BCUT2D eigenvalue weighted by Crippen LogP contribution is 2.21. The Labute approximate surface area is 148 Å². The number of rotatable bonds is 8. The summed E-state index contributed by atoms with van der Waals surface area (Å²) in [7, 11) is 0. The van der Waals surface area contributed by atoms with Gasteiger partial charge in [-0.15, -0.1) is 0 Å². The molecule has 2 aromatic heterocycles. The van der Waals surface area contributed by atoms with Crippen LogP contribution in [0.3, 0.4) is 0 Å². The first-order valence-corrected chi connectivity index (χ1v) is 8.65. The minimum absolute atomic E-state index is 0.587. The molecule has 0 radical (unpaired) electrons. The molecule has 5 nitrogen and oxygen atoms in total. The molecule has 130 valence electrons. The van der Waals surface area contributed by atoms with Crippen molar-refractivity contribution in [2.24, 2.45) is 5.92 Å². The quantitative estimate of drug-likeness (QED) is 0.618. The van der Waals surface area contributed by atoms with Gasteiger partial charge in [0.25, 0.3) is 0 Å². The lowest BCUT2D eigenvalue weighted by molar-refractivity contribution is 0.518. The molecule has 1 aromatic carbocycles. The average Bonchev–Trinajstić information content (AvgIpc) is 3.14. The van der Waals surface area contributed by atoms with Gasteiger partial charge in [0.1, 0.15) is 17.4 Å². The summed E-state index contributed by atoms with van der Waals surface area (Å²) in [6.45, 7) is 5.91. The SMILES string of the molecule is CC(C)CCNc1cc(NCc2ccco2)nc(-c2ccccc2)n1. The lowest BCUT2D eigenvalue weighted by atomic mass is 10.1. The van der Waals surface area contributed by atoms with Gasteiger partial charge in [-0.25, -0.2) is 9.97 Å². The van der Waals surface area contributed by atoms with Crippen molar-refractivity contribution in [3.05, 3.63) is 60.6 Å². The Morgan fingerprint density at radius 3 is 2.40 bits per heavy atom. The molecule has 0 atom stereocenters. The molecule has 2 N–H and O–H groups in total. The minimum atomic E-state index is 0.587. The van der Waals surface area contributed by atoms with Crippen molar-refractivity contribution in [2.45, 2.75) is 26.8 Å². The fraction of sp³-hybridized carbons (Fsp3) is 0.300. The zero-order chi connectivity index (χ0) is 17.5. The van der Waals surface area contributed by atoms with Gasteiger partial charge < -0.3 is 15.1 Å². The molecule has 0 unspecified atom stereocenters. The van der Waals surface area contributed by atoms with E-state index in [1.165, 1.54) is 0 Å². The normalized spacial score (nSPS) is 10.8. The number of nitrogens with zero attached hydrogens (tertiary/aromatic N) is 2. The van der Waals surface area contributed by atoms with E-state index >= 15 is 0 Å². The van der Waals surface area contributed by atoms with Crippen LogP contribution in [0.5, 0.6) is 0 Å². The topological polar surface area (TPSA) is 63.0 Å². The Morgan fingerprint density at radius 1 is 0.960 bits per heavy atom. The van der Waals surface area contributed by atoms with Crippen LogP contribution in [0.25, 0.3) is 11.4 Å². The van der Waals surface area contributed by atoms with E-state index < -0.39 is 0 Å². The van der Waals surface area contributed by atoms with Crippen LogP contribution in [-0.2, 0) is 6.54 Å². The summed E-state index contributed by atoms with van der Waals surface area (Å²) in [5.74, 6) is 3.83. The number of benzene rings is 1. The number of aromatic nitrogens is 2. The van der Waals surface area contributed by atoms with Crippen LogP contribution in [-0.4, -0.2) is 16.5 Å². The predicted molar refractivity (Wildman–Crippen MR) is 101 cm³/mol. The molecule has 25 heavy (non-hydrogen) atoms. The third-order valence-electron chi connectivity index (χ3n) is 3.81.